The molecule has 3 aliphatic rings. The maximum Gasteiger partial charge on any atom is 0.406 e. The molecule has 0 aliphatic carbocycles. The number of fused-ring (bicyclic) bond motifs is 1. The molecule has 1 aromatic rings. The van der Waals surface area contributed by atoms with Crippen LogP contribution in [0.2, 0.25) is 0 Å². The number of benzene rings is 1. The van der Waals surface area contributed by atoms with Crippen molar-refractivity contribution in [1.29, 1.82) is 0 Å². The molecule has 6 nitrogen and oxygen atoms in total. The molecular weight excluding hydrogens is 380 g/mol. The third-order valence-electron chi connectivity index (χ3n) is 5.14. The van der Waals surface area contributed by atoms with E-state index in [2.05, 4.69) is 15.5 Å². The smallest absolute Gasteiger partial charge is 0.406 e. The van der Waals surface area contributed by atoms with E-state index in [-0.39, 0.29) is 24.9 Å². The van der Waals surface area contributed by atoms with Gasteiger partial charge in [-0.2, -0.15) is 18.3 Å². The fraction of sp³-hybridized carbons (Fsp3) is 0.500. The van der Waals surface area contributed by atoms with Crippen LogP contribution < -0.4 is 10.1 Å². The largest absolute Gasteiger partial charge is 0.490 e. The van der Waals surface area contributed by atoms with Crippen LogP contribution in [0, 0.1) is 11.7 Å². The van der Waals surface area contributed by atoms with E-state index < -0.39 is 23.8 Å². The number of nitrogens with one attached hydrogen (secondary N) is 1. The predicted octanol–water partition coefficient (Wildman–Crippen LogP) is 3.28. The van der Waals surface area contributed by atoms with Gasteiger partial charge in [0, 0.05) is 24.7 Å². The highest BCUT2D eigenvalue weighted by atomic mass is 19.4. The predicted molar refractivity (Wildman–Crippen MR) is 89.7 cm³/mol. The Morgan fingerprint density at radius 1 is 1.18 bits per heavy atom. The van der Waals surface area contributed by atoms with Gasteiger partial charge in [0.1, 0.15) is 17.7 Å². The van der Waals surface area contributed by atoms with Gasteiger partial charge in [-0.25, -0.2) is 4.39 Å². The molecule has 0 saturated carbocycles. The number of hydrogen-bond donors (Lipinski definition) is 1. The number of carbonyl (C=O) groups excluding carboxylic acids is 1. The lowest BCUT2D eigenvalue weighted by atomic mass is 10.0. The number of alkyl halides is 3. The van der Waals surface area contributed by atoms with Gasteiger partial charge in [-0.1, -0.05) is 0 Å². The first-order valence-corrected chi connectivity index (χ1v) is 8.98. The molecule has 0 aromatic heterocycles. The highest BCUT2D eigenvalue weighted by molar-refractivity contribution is 5.83. The lowest BCUT2D eigenvalue weighted by Crippen LogP contribution is -2.38. The van der Waals surface area contributed by atoms with E-state index in [1.165, 1.54) is 11.0 Å². The van der Waals surface area contributed by atoms with E-state index >= 15 is 0 Å². The molecule has 28 heavy (non-hydrogen) atoms. The number of ether oxygens (including phenoxy) is 1. The molecular formula is C18H18F4N4O2. The first-order valence-electron chi connectivity index (χ1n) is 8.98. The Balaban J connectivity index is 1.56. The van der Waals surface area contributed by atoms with Gasteiger partial charge in [-0.15, -0.1) is 5.11 Å². The van der Waals surface area contributed by atoms with Crippen LogP contribution in [0.5, 0.6) is 5.75 Å². The molecule has 4 rings (SSSR count). The molecule has 1 fully saturated rings. The number of halogens is 4. The van der Waals surface area contributed by atoms with Crippen molar-refractivity contribution in [3.63, 3.8) is 0 Å². The van der Waals surface area contributed by atoms with Crippen molar-refractivity contribution >= 4 is 5.91 Å². The monoisotopic (exact) mass is 398 g/mol. The van der Waals surface area contributed by atoms with Crippen molar-refractivity contribution in [3.05, 3.63) is 41.0 Å². The lowest BCUT2D eigenvalue weighted by Gasteiger charge is -2.28. The molecule has 1 amide bonds. The average Bonchev–Trinajstić information content (AvgIpc) is 3.06. The summed E-state index contributed by atoms with van der Waals surface area (Å²) in [4.78, 5) is 13.0. The second kappa shape index (κ2) is 7.16. The topological polar surface area (TPSA) is 66.3 Å². The molecule has 1 unspecified atom stereocenters. The van der Waals surface area contributed by atoms with Gasteiger partial charge in [0.2, 0.25) is 0 Å². The lowest BCUT2D eigenvalue weighted by molar-refractivity contribution is -0.177. The summed E-state index contributed by atoms with van der Waals surface area (Å²) in [5, 5.41) is 9.60. The summed E-state index contributed by atoms with van der Waals surface area (Å²) in [6.45, 7) is 1.61. The zero-order valence-electron chi connectivity index (χ0n) is 14.8. The molecule has 10 heteroatoms. The standard InChI is InChI=1S/C18H18F4N4O2/c19-14-6-12(28-11-1-3-23-4-2-11)5-10-8-26(9-13(10)14)15-7-24-25-17(27)16(15)18(20,21)22/h5-7,11,16,23H,1-4,8-9H2. The number of amides is 1. The van der Waals surface area contributed by atoms with Crippen LogP contribution in [0.1, 0.15) is 24.0 Å². The summed E-state index contributed by atoms with van der Waals surface area (Å²) in [7, 11) is 0. The van der Waals surface area contributed by atoms with Gasteiger partial charge in [-0.3, -0.25) is 4.79 Å². The van der Waals surface area contributed by atoms with E-state index in [0.29, 0.717) is 16.9 Å². The summed E-state index contributed by atoms with van der Waals surface area (Å²) in [6.07, 6.45) is -2.28. The minimum absolute atomic E-state index is 0.0232. The van der Waals surface area contributed by atoms with Crippen LogP contribution >= 0.6 is 0 Å². The summed E-state index contributed by atoms with van der Waals surface area (Å²) in [6, 6.07) is 2.93. The van der Waals surface area contributed by atoms with Crippen molar-refractivity contribution in [2.75, 3.05) is 13.1 Å². The maximum absolute atomic E-state index is 14.6. The molecule has 3 heterocycles. The van der Waals surface area contributed by atoms with Gasteiger partial charge in [-0.05, 0) is 37.6 Å². The number of rotatable bonds is 3. The maximum atomic E-state index is 14.6. The zero-order chi connectivity index (χ0) is 19.9. The average molecular weight is 398 g/mol. The Hall–Kier alpha value is -2.49. The summed E-state index contributed by atoms with van der Waals surface area (Å²) in [5.41, 5.74) is 0.527. The third-order valence-corrected chi connectivity index (χ3v) is 5.14. The van der Waals surface area contributed by atoms with Crippen LogP contribution in [0.15, 0.2) is 34.3 Å². The van der Waals surface area contributed by atoms with Gasteiger partial charge >= 0.3 is 6.18 Å². The number of nitrogens with zero attached hydrogens (tertiary/aromatic N) is 3. The second-order valence-electron chi connectivity index (χ2n) is 7.05. The molecule has 0 bridgehead atoms. The van der Waals surface area contributed by atoms with Gasteiger partial charge in [0.15, 0.2) is 5.92 Å². The van der Waals surface area contributed by atoms with Crippen molar-refractivity contribution in [2.45, 2.75) is 38.2 Å². The fourth-order valence-electron chi connectivity index (χ4n) is 3.77. The molecule has 0 spiro atoms. The molecule has 1 atom stereocenters. The minimum Gasteiger partial charge on any atom is -0.490 e. The molecule has 150 valence electrons. The minimum atomic E-state index is -4.79. The van der Waals surface area contributed by atoms with E-state index in [4.69, 9.17) is 4.74 Å². The van der Waals surface area contributed by atoms with Crippen LogP contribution in [0.3, 0.4) is 0 Å². The van der Waals surface area contributed by atoms with Gasteiger partial charge in [0.25, 0.3) is 5.91 Å². The van der Waals surface area contributed by atoms with Crippen molar-refractivity contribution in [1.82, 2.24) is 10.2 Å². The van der Waals surface area contributed by atoms with Crippen LogP contribution in [0.25, 0.3) is 0 Å². The highest BCUT2D eigenvalue weighted by Crippen LogP contribution is 2.40. The fourth-order valence-corrected chi connectivity index (χ4v) is 3.77. The number of carbonyl (C=O) groups is 1. The second-order valence-corrected chi connectivity index (χ2v) is 7.05. The zero-order valence-corrected chi connectivity index (χ0v) is 14.8. The van der Waals surface area contributed by atoms with Crippen molar-refractivity contribution in [2.24, 2.45) is 16.1 Å². The first-order chi connectivity index (χ1) is 13.3. The Morgan fingerprint density at radius 2 is 1.93 bits per heavy atom. The molecule has 3 aliphatic heterocycles. The van der Waals surface area contributed by atoms with Crippen LogP contribution in [0.4, 0.5) is 17.6 Å². The number of azo groups is 1. The molecule has 0 radical (unpaired) electrons. The number of hydrogen-bond acceptors (Lipinski definition) is 5. The Labute approximate surface area is 158 Å². The van der Waals surface area contributed by atoms with Crippen LogP contribution in [-0.4, -0.2) is 36.2 Å². The summed E-state index contributed by atoms with van der Waals surface area (Å²) in [5.74, 6) is -3.91. The Kier molecular flexibility index (Phi) is 4.82. The number of piperidine rings is 1. The van der Waals surface area contributed by atoms with E-state index in [0.717, 1.165) is 32.1 Å². The van der Waals surface area contributed by atoms with Crippen molar-refractivity contribution in [3.8, 4) is 5.75 Å². The quantitative estimate of drug-likeness (QED) is 0.794. The molecule has 1 saturated heterocycles. The van der Waals surface area contributed by atoms with Gasteiger partial charge < -0.3 is 15.0 Å². The van der Waals surface area contributed by atoms with Gasteiger partial charge in [0.05, 0.1) is 11.9 Å². The first kappa shape index (κ1) is 18.9. The van der Waals surface area contributed by atoms with Crippen LogP contribution in [-0.2, 0) is 17.9 Å². The summed E-state index contributed by atoms with van der Waals surface area (Å²) < 4.78 is 60.5. The van der Waals surface area contributed by atoms with E-state index in [1.54, 1.807) is 6.07 Å². The SMILES string of the molecule is O=C1N=NC=C(N2Cc3cc(OC4CCNCC4)cc(F)c3C2)C1C(F)(F)F. The third kappa shape index (κ3) is 3.60. The molecule has 1 aromatic carbocycles. The van der Waals surface area contributed by atoms with E-state index in [1.807, 2.05) is 0 Å². The summed E-state index contributed by atoms with van der Waals surface area (Å²) >= 11 is 0. The Morgan fingerprint density at radius 3 is 2.64 bits per heavy atom. The normalized spacial score (nSPS) is 23.0. The Bertz CT molecular complexity index is 847. The highest BCUT2D eigenvalue weighted by Gasteiger charge is 2.50. The molecule has 1 N–H and O–H groups in total. The van der Waals surface area contributed by atoms with E-state index in [9.17, 15) is 22.4 Å². The van der Waals surface area contributed by atoms with Crippen molar-refractivity contribution < 1.29 is 27.1 Å².